The number of rotatable bonds is 7. The Morgan fingerprint density at radius 3 is 2.76 bits per heavy atom. The van der Waals surface area contributed by atoms with E-state index in [0.29, 0.717) is 44.8 Å². The van der Waals surface area contributed by atoms with Gasteiger partial charge in [-0.15, -0.1) is 0 Å². The summed E-state index contributed by atoms with van der Waals surface area (Å²) in [4.78, 5) is 16.7. The van der Waals surface area contributed by atoms with Crippen molar-refractivity contribution in [2.24, 2.45) is 10.1 Å². The minimum atomic E-state index is -0.473. The Balaban J connectivity index is 1.64. The Bertz CT molecular complexity index is 1230. The van der Waals surface area contributed by atoms with Crippen LogP contribution in [0.2, 0.25) is 5.02 Å². The highest BCUT2D eigenvalue weighted by Crippen LogP contribution is 2.39. The molecule has 2 aliphatic heterocycles. The molecule has 0 aromatic heterocycles. The molecule has 1 N–H and O–H groups in total. The van der Waals surface area contributed by atoms with Gasteiger partial charge in [0.05, 0.1) is 16.7 Å². The van der Waals surface area contributed by atoms with Gasteiger partial charge >= 0.3 is 0 Å². The molecule has 2 aliphatic rings. The number of amides is 1. The first-order chi connectivity index (χ1) is 15.9. The standard InChI is InChI=1S/C23H20BrClN4O3S/c1-3-19-28-29-21(26)15(22(30)27-23(29)33-19)9-13-10-16(24)20(18(11-13)31-4-2)32-12-14-7-5-6-8-17(14)25/h5-11,26H,3-4,12H2,1-2H3. The van der Waals surface area contributed by atoms with Crippen LogP contribution in [0.25, 0.3) is 6.08 Å². The summed E-state index contributed by atoms with van der Waals surface area (Å²) in [7, 11) is 0. The van der Waals surface area contributed by atoms with Gasteiger partial charge in [-0.05, 0) is 70.9 Å². The van der Waals surface area contributed by atoms with Gasteiger partial charge in [-0.2, -0.15) is 15.1 Å². The molecule has 0 atom stereocenters. The highest BCUT2D eigenvalue weighted by molar-refractivity contribution is 9.10. The molecule has 10 heteroatoms. The molecule has 2 aromatic rings. The van der Waals surface area contributed by atoms with Crippen molar-refractivity contribution < 1.29 is 14.3 Å². The van der Waals surface area contributed by atoms with Gasteiger partial charge in [0, 0.05) is 10.6 Å². The lowest BCUT2D eigenvalue weighted by molar-refractivity contribution is -0.114. The maximum absolute atomic E-state index is 12.6. The van der Waals surface area contributed by atoms with Crippen molar-refractivity contribution in [1.29, 1.82) is 5.41 Å². The zero-order valence-electron chi connectivity index (χ0n) is 17.9. The number of aliphatic imine (C=N–C) groups is 1. The van der Waals surface area contributed by atoms with Gasteiger partial charge in [-0.3, -0.25) is 10.2 Å². The van der Waals surface area contributed by atoms with Crippen molar-refractivity contribution >= 4 is 67.3 Å². The zero-order chi connectivity index (χ0) is 23.5. The van der Waals surface area contributed by atoms with Crippen LogP contribution >= 0.6 is 39.3 Å². The van der Waals surface area contributed by atoms with Crippen molar-refractivity contribution in [1.82, 2.24) is 5.01 Å². The van der Waals surface area contributed by atoms with Crippen molar-refractivity contribution in [2.45, 2.75) is 26.9 Å². The van der Waals surface area contributed by atoms with Crippen LogP contribution in [0.5, 0.6) is 11.5 Å². The first-order valence-electron chi connectivity index (χ1n) is 10.2. The number of carbonyl (C=O) groups excluding carboxylic acids is 1. The van der Waals surface area contributed by atoms with Gasteiger partial charge in [0.15, 0.2) is 17.3 Å². The van der Waals surface area contributed by atoms with Gasteiger partial charge in [-0.25, -0.2) is 0 Å². The number of hydrazone groups is 1. The second-order valence-corrected chi connectivity index (χ2v) is 9.31. The number of halogens is 2. The van der Waals surface area contributed by atoms with E-state index in [1.54, 1.807) is 18.2 Å². The first-order valence-corrected chi connectivity index (χ1v) is 12.2. The number of carbonyl (C=O) groups is 1. The van der Waals surface area contributed by atoms with E-state index >= 15 is 0 Å². The van der Waals surface area contributed by atoms with E-state index in [0.717, 1.165) is 10.6 Å². The van der Waals surface area contributed by atoms with E-state index < -0.39 is 5.91 Å². The number of hydrogen-bond acceptors (Lipinski definition) is 6. The van der Waals surface area contributed by atoms with Gasteiger partial charge in [-0.1, -0.05) is 36.7 Å². The molecule has 170 valence electrons. The molecule has 4 rings (SSSR count). The van der Waals surface area contributed by atoms with E-state index in [2.05, 4.69) is 26.0 Å². The normalized spacial score (nSPS) is 16.6. The molecule has 0 saturated carbocycles. The minimum absolute atomic E-state index is 0.00548. The number of benzene rings is 2. The number of nitrogens with one attached hydrogen (secondary N) is 1. The fraction of sp³-hybridized carbons (Fsp3) is 0.217. The van der Waals surface area contributed by atoms with Crippen molar-refractivity contribution in [3.63, 3.8) is 0 Å². The number of amidine groups is 2. The fourth-order valence-electron chi connectivity index (χ4n) is 3.18. The summed E-state index contributed by atoms with van der Waals surface area (Å²) in [5, 5.41) is 16.1. The minimum Gasteiger partial charge on any atom is -0.490 e. The number of hydrogen-bond donors (Lipinski definition) is 1. The molecule has 7 nitrogen and oxygen atoms in total. The number of nitrogens with zero attached hydrogens (tertiary/aromatic N) is 3. The fourth-order valence-corrected chi connectivity index (χ4v) is 4.77. The molecule has 0 spiro atoms. The van der Waals surface area contributed by atoms with E-state index in [9.17, 15) is 4.79 Å². The Hall–Kier alpha value is -2.62. The monoisotopic (exact) mass is 546 g/mol. The molecular weight excluding hydrogens is 528 g/mol. The zero-order valence-corrected chi connectivity index (χ0v) is 21.1. The lowest BCUT2D eigenvalue weighted by Gasteiger charge is -2.20. The van der Waals surface area contributed by atoms with Crippen LogP contribution in [0.4, 0.5) is 0 Å². The van der Waals surface area contributed by atoms with Crippen molar-refractivity contribution in [2.75, 3.05) is 6.61 Å². The molecule has 0 aliphatic carbocycles. The molecular formula is C23H20BrClN4O3S. The van der Waals surface area contributed by atoms with Crippen LogP contribution in [0.1, 0.15) is 31.4 Å². The lowest BCUT2D eigenvalue weighted by Crippen LogP contribution is -2.35. The number of ether oxygens (including phenoxy) is 2. The van der Waals surface area contributed by atoms with Crippen LogP contribution in [0.15, 0.2) is 56.5 Å². The van der Waals surface area contributed by atoms with Crippen LogP contribution in [-0.4, -0.2) is 33.6 Å². The predicted octanol–water partition coefficient (Wildman–Crippen LogP) is 6.11. The Labute approximate surface area is 209 Å². The van der Waals surface area contributed by atoms with Gasteiger partial charge in [0.1, 0.15) is 11.7 Å². The quantitative estimate of drug-likeness (QED) is 0.423. The average molecular weight is 548 g/mol. The third-order valence-electron chi connectivity index (χ3n) is 4.77. The summed E-state index contributed by atoms with van der Waals surface area (Å²) in [5.74, 6) is 0.554. The molecule has 0 radical (unpaired) electrons. The highest BCUT2D eigenvalue weighted by atomic mass is 79.9. The average Bonchev–Trinajstić information content (AvgIpc) is 3.20. The van der Waals surface area contributed by atoms with E-state index in [-0.39, 0.29) is 18.0 Å². The lowest BCUT2D eigenvalue weighted by atomic mass is 10.1. The molecule has 2 heterocycles. The molecule has 0 fully saturated rings. The molecule has 0 bridgehead atoms. The summed E-state index contributed by atoms with van der Waals surface area (Å²) in [5.41, 5.74) is 1.67. The SMILES string of the molecule is CCOc1cc(C=C2C(=N)N3N=C(CC)SC3=NC2=O)cc(Br)c1OCc1ccccc1Cl. The third-order valence-corrected chi connectivity index (χ3v) is 6.78. The topological polar surface area (TPSA) is 87.3 Å². The molecule has 0 saturated heterocycles. The van der Waals surface area contributed by atoms with Gasteiger partial charge < -0.3 is 9.47 Å². The van der Waals surface area contributed by atoms with E-state index in [1.165, 1.54) is 16.8 Å². The van der Waals surface area contributed by atoms with Crippen LogP contribution in [-0.2, 0) is 11.4 Å². The van der Waals surface area contributed by atoms with E-state index in [4.69, 9.17) is 26.5 Å². The molecule has 33 heavy (non-hydrogen) atoms. The van der Waals surface area contributed by atoms with Gasteiger partial charge in [0.25, 0.3) is 5.91 Å². The van der Waals surface area contributed by atoms with Crippen LogP contribution in [0.3, 0.4) is 0 Å². The molecule has 0 unspecified atom stereocenters. The second kappa shape index (κ2) is 10.1. The summed E-state index contributed by atoms with van der Waals surface area (Å²) in [6.45, 7) is 4.54. The maximum Gasteiger partial charge on any atom is 0.283 e. The summed E-state index contributed by atoms with van der Waals surface area (Å²) >= 11 is 11.1. The van der Waals surface area contributed by atoms with Crippen LogP contribution < -0.4 is 9.47 Å². The van der Waals surface area contributed by atoms with Crippen molar-refractivity contribution in [3.05, 3.63) is 62.6 Å². The third kappa shape index (κ3) is 5.00. The number of fused-ring (bicyclic) bond motifs is 1. The Morgan fingerprint density at radius 2 is 2.03 bits per heavy atom. The summed E-state index contributed by atoms with van der Waals surface area (Å²) in [6, 6.07) is 11.0. The second-order valence-electron chi connectivity index (χ2n) is 7.01. The number of thioether (sulfide) groups is 1. The largest absolute Gasteiger partial charge is 0.490 e. The summed E-state index contributed by atoms with van der Waals surface area (Å²) in [6.07, 6.45) is 2.32. The first kappa shape index (κ1) is 23.5. The smallest absolute Gasteiger partial charge is 0.283 e. The van der Waals surface area contributed by atoms with Gasteiger partial charge in [0.2, 0.25) is 5.17 Å². The summed E-state index contributed by atoms with van der Waals surface area (Å²) < 4.78 is 12.5. The Morgan fingerprint density at radius 1 is 1.24 bits per heavy atom. The highest BCUT2D eigenvalue weighted by Gasteiger charge is 2.35. The molecule has 2 aromatic carbocycles. The Kier molecular flexibility index (Phi) is 7.21. The van der Waals surface area contributed by atoms with Crippen LogP contribution in [0, 0.1) is 5.41 Å². The van der Waals surface area contributed by atoms with Crippen molar-refractivity contribution in [3.8, 4) is 11.5 Å². The van der Waals surface area contributed by atoms with E-state index in [1.807, 2.05) is 38.1 Å². The predicted molar refractivity (Wildman–Crippen MR) is 136 cm³/mol. The maximum atomic E-state index is 12.6. The molecule has 1 amide bonds.